The van der Waals surface area contributed by atoms with Gasteiger partial charge in [-0.15, -0.1) is 10.2 Å². The molecule has 35 heavy (non-hydrogen) atoms. The molecule has 1 atom stereocenters. The fraction of sp³-hybridized carbons (Fsp3) is 0.308. The van der Waals surface area contributed by atoms with Crippen molar-refractivity contribution in [2.75, 3.05) is 5.32 Å². The van der Waals surface area contributed by atoms with E-state index in [1.807, 2.05) is 55.5 Å². The number of aromatic nitrogens is 6. The van der Waals surface area contributed by atoms with E-state index in [2.05, 4.69) is 32.9 Å². The molecular formula is C26H27N7O2. The number of nitrogens with zero attached hydrogens (tertiary/aromatic N) is 5. The van der Waals surface area contributed by atoms with Crippen molar-refractivity contribution >= 4 is 11.9 Å². The Kier molecular flexibility index (Phi) is 6.22. The normalized spacial score (nSPS) is 14.7. The maximum Gasteiger partial charge on any atom is 0.259 e. The van der Waals surface area contributed by atoms with Gasteiger partial charge >= 0.3 is 0 Å². The van der Waals surface area contributed by atoms with Crippen LogP contribution >= 0.6 is 0 Å². The number of amides is 1. The highest BCUT2D eigenvalue weighted by molar-refractivity contribution is 5.96. The van der Waals surface area contributed by atoms with Gasteiger partial charge in [0.05, 0.1) is 5.69 Å². The molecule has 2 aromatic heterocycles. The fourth-order valence-corrected chi connectivity index (χ4v) is 4.72. The summed E-state index contributed by atoms with van der Waals surface area (Å²) in [6.07, 6.45) is 3.52. The molecule has 0 radical (unpaired) electrons. The molecule has 0 bridgehead atoms. The van der Waals surface area contributed by atoms with Crippen LogP contribution in [0.5, 0.6) is 0 Å². The number of H-pyrrole nitrogens is 1. The first kappa shape index (κ1) is 22.6. The quantitative estimate of drug-likeness (QED) is 0.404. The average Bonchev–Trinajstić information content (AvgIpc) is 3.52. The first-order valence-corrected chi connectivity index (χ1v) is 12.0. The van der Waals surface area contributed by atoms with Crippen molar-refractivity contribution in [2.24, 2.45) is 0 Å². The van der Waals surface area contributed by atoms with Crippen LogP contribution in [0.2, 0.25) is 0 Å². The van der Waals surface area contributed by atoms with Gasteiger partial charge in [-0.2, -0.15) is 5.21 Å². The summed E-state index contributed by atoms with van der Waals surface area (Å²) in [4.78, 5) is 31.0. The molecule has 1 unspecified atom stereocenters. The highest BCUT2D eigenvalue weighted by Gasteiger charge is 2.33. The van der Waals surface area contributed by atoms with E-state index in [0.29, 0.717) is 36.6 Å². The van der Waals surface area contributed by atoms with Crippen LogP contribution in [0.4, 0.5) is 5.95 Å². The number of aromatic amines is 1. The number of benzene rings is 2. The summed E-state index contributed by atoms with van der Waals surface area (Å²) in [5.41, 5.74) is 5.03. The highest BCUT2D eigenvalue weighted by atomic mass is 16.2. The van der Waals surface area contributed by atoms with Crippen molar-refractivity contribution in [2.45, 2.75) is 52.0 Å². The molecule has 0 saturated heterocycles. The number of hydrogen-bond acceptors (Lipinski definition) is 6. The van der Waals surface area contributed by atoms with Crippen LogP contribution in [0.15, 0.2) is 53.3 Å². The second kappa shape index (κ2) is 9.61. The summed E-state index contributed by atoms with van der Waals surface area (Å²) >= 11 is 0. The average molecular weight is 470 g/mol. The van der Waals surface area contributed by atoms with Gasteiger partial charge in [-0.05, 0) is 41.2 Å². The van der Waals surface area contributed by atoms with Crippen LogP contribution in [-0.4, -0.2) is 36.1 Å². The predicted octanol–water partition coefficient (Wildman–Crippen LogP) is 3.93. The van der Waals surface area contributed by atoms with Crippen LogP contribution in [0.3, 0.4) is 0 Å². The molecule has 0 spiro atoms. The molecule has 178 valence electrons. The molecule has 3 heterocycles. The van der Waals surface area contributed by atoms with Crippen LogP contribution < -0.4 is 10.9 Å². The molecule has 1 aliphatic rings. The monoisotopic (exact) mass is 469 g/mol. The Balaban J connectivity index is 1.64. The third kappa shape index (κ3) is 4.14. The van der Waals surface area contributed by atoms with Crippen molar-refractivity contribution in [3.63, 3.8) is 0 Å². The summed E-state index contributed by atoms with van der Waals surface area (Å²) in [5.74, 6) is 0.691. The van der Waals surface area contributed by atoms with Gasteiger partial charge in [0.15, 0.2) is 0 Å². The van der Waals surface area contributed by atoms with Gasteiger partial charge in [0, 0.05) is 17.5 Å². The Bertz CT molecular complexity index is 1430. The molecule has 9 nitrogen and oxygen atoms in total. The Morgan fingerprint density at radius 3 is 2.43 bits per heavy atom. The first-order chi connectivity index (χ1) is 17.1. The van der Waals surface area contributed by atoms with Crippen LogP contribution in [-0.2, 0) is 17.6 Å². The van der Waals surface area contributed by atoms with Crippen LogP contribution in [0, 0.1) is 0 Å². The zero-order valence-electron chi connectivity index (χ0n) is 19.8. The number of hydrogen-bond donors (Lipinski definition) is 2. The molecule has 9 heteroatoms. The number of tetrazole rings is 1. The SMILES string of the molecule is CCCCc1nc2n(c(=O)c1Cc1ccccc1-c1ccccc1-c1nn[nH]n1)C(CC)C(=O)N2. The van der Waals surface area contributed by atoms with E-state index in [1.54, 1.807) is 0 Å². The second-order valence-electron chi connectivity index (χ2n) is 8.67. The molecule has 1 aliphatic heterocycles. The summed E-state index contributed by atoms with van der Waals surface area (Å²) in [7, 11) is 0. The zero-order chi connectivity index (χ0) is 24.4. The topological polar surface area (TPSA) is 118 Å². The minimum Gasteiger partial charge on any atom is -0.294 e. The lowest BCUT2D eigenvalue weighted by Crippen LogP contribution is -2.29. The molecule has 4 aromatic rings. The fourth-order valence-electron chi connectivity index (χ4n) is 4.72. The highest BCUT2D eigenvalue weighted by Crippen LogP contribution is 2.33. The Hall–Kier alpha value is -4.14. The number of anilines is 1. The number of unbranched alkanes of at least 4 members (excludes halogenated alkanes) is 1. The van der Waals surface area contributed by atoms with Gasteiger partial charge in [-0.1, -0.05) is 68.8 Å². The molecule has 2 N–H and O–H groups in total. The second-order valence-corrected chi connectivity index (χ2v) is 8.67. The molecule has 5 rings (SSSR count). The molecular weight excluding hydrogens is 442 g/mol. The standard InChI is InChI=1S/C26H27N7O2/c1-3-5-14-21-20(25(35)33-22(4-2)24(34)28-26(33)27-21)15-16-10-6-7-11-17(16)18-12-8-9-13-19(18)23-29-31-32-30-23/h6-13,22H,3-5,14-15H2,1-2H3,(H,27,28,34)(H,29,30,31,32). The first-order valence-electron chi connectivity index (χ1n) is 12.0. The smallest absolute Gasteiger partial charge is 0.259 e. The summed E-state index contributed by atoms with van der Waals surface area (Å²) < 4.78 is 1.53. The predicted molar refractivity (Wildman–Crippen MR) is 133 cm³/mol. The van der Waals surface area contributed by atoms with Gasteiger partial charge in [-0.25, -0.2) is 4.98 Å². The van der Waals surface area contributed by atoms with E-state index in [-0.39, 0.29) is 11.5 Å². The summed E-state index contributed by atoms with van der Waals surface area (Å²) in [6.45, 7) is 4.01. The van der Waals surface area contributed by atoms with Gasteiger partial charge in [0.1, 0.15) is 6.04 Å². The maximum atomic E-state index is 13.8. The van der Waals surface area contributed by atoms with E-state index >= 15 is 0 Å². The summed E-state index contributed by atoms with van der Waals surface area (Å²) in [5, 5.41) is 17.3. The number of aryl methyl sites for hydroxylation is 1. The molecule has 2 aromatic carbocycles. The van der Waals surface area contributed by atoms with Crippen molar-refractivity contribution in [3.8, 4) is 22.5 Å². The van der Waals surface area contributed by atoms with E-state index in [1.165, 1.54) is 4.57 Å². The number of nitrogens with one attached hydrogen (secondary N) is 2. The lowest BCUT2D eigenvalue weighted by Gasteiger charge is -2.16. The van der Waals surface area contributed by atoms with Gasteiger partial charge in [-0.3, -0.25) is 19.5 Å². The van der Waals surface area contributed by atoms with E-state index in [4.69, 9.17) is 4.98 Å². The third-order valence-electron chi connectivity index (χ3n) is 6.49. The molecule has 0 fully saturated rings. The third-order valence-corrected chi connectivity index (χ3v) is 6.49. The van der Waals surface area contributed by atoms with Gasteiger partial charge in [0.2, 0.25) is 17.7 Å². The van der Waals surface area contributed by atoms with Crippen molar-refractivity contribution in [1.29, 1.82) is 0 Å². The lowest BCUT2D eigenvalue weighted by atomic mass is 9.91. The van der Waals surface area contributed by atoms with E-state index < -0.39 is 6.04 Å². The van der Waals surface area contributed by atoms with Crippen LogP contribution in [0.25, 0.3) is 22.5 Å². The zero-order valence-corrected chi connectivity index (χ0v) is 19.8. The Morgan fingerprint density at radius 2 is 1.71 bits per heavy atom. The van der Waals surface area contributed by atoms with E-state index in [9.17, 15) is 9.59 Å². The maximum absolute atomic E-state index is 13.8. The Labute approximate surface area is 202 Å². The summed E-state index contributed by atoms with van der Waals surface area (Å²) in [6, 6.07) is 15.4. The van der Waals surface area contributed by atoms with Gasteiger partial charge in [0.25, 0.3) is 5.56 Å². The van der Waals surface area contributed by atoms with Gasteiger partial charge < -0.3 is 0 Å². The molecule has 0 saturated carbocycles. The minimum atomic E-state index is -0.529. The Morgan fingerprint density at radius 1 is 0.971 bits per heavy atom. The van der Waals surface area contributed by atoms with Crippen molar-refractivity contribution in [3.05, 3.63) is 75.7 Å². The minimum absolute atomic E-state index is 0.146. The van der Waals surface area contributed by atoms with E-state index in [0.717, 1.165) is 40.8 Å². The van der Waals surface area contributed by atoms with Crippen LogP contribution in [0.1, 0.15) is 56.0 Å². The number of rotatable bonds is 8. The largest absolute Gasteiger partial charge is 0.294 e. The lowest BCUT2D eigenvalue weighted by molar-refractivity contribution is -0.118. The number of carbonyl (C=O) groups excluding carboxylic acids is 1. The number of fused-ring (bicyclic) bond motifs is 1. The van der Waals surface area contributed by atoms with Crippen molar-refractivity contribution < 1.29 is 4.79 Å². The molecule has 1 amide bonds. The molecule has 0 aliphatic carbocycles. The number of carbonyl (C=O) groups is 1. The van der Waals surface area contributed by atoms with Crippen molar-refractivity contribution in [1.82, 2.24) is 30.2 Å².